The minimum Gasteiger partial charge on any atom is -0.497 e. The van der Waals surface area contributed by atoms with E-state index in [-0.39, 0.29) is 42.1 Å². The number of amides is 2. The van der Waals surface area contributed by atoms with Gasteiger partial charge in [0.2, 0.25) is 11.8 Å². The van der Waals surface area contributed by atoms with Gasteiger partial charge in [-0.3, -0.25) is 20.1 Å². The number of nitrogens with one attached hydrogen (secondary N) is 1. The summed E-state index contributed by atoms with van der Waals surface area (Å²) in [6.45, 7) is 0.523. The largest absolute Gasteiger partial charge is 0.497 e. The topological polar surface area (TPSA) is 131 Å². The van der Waals surface area contributed by atoms with Crippen molar-refractivity contribution in [2.75, 3.05) is 7.11 Å². The summed E-state index contributed by atoms with van der Waals surface area (Å²) in [5, 5.41) is 13.9. The number of aliphatic hydroxyl groups excluding tert-OH is 1. The van der Waals surface area contributed by atoms with Crippen LogP contribution in [0, 0.1) is 11.7 Å². The van der Waals surface area contributed by atoms with E-state index in [1.54, 1.807) is 19.2 Å². The standard InChI is InChI=1S/C45H54FN3O6/c1-54-38-26-21-34(22-27-38)43-39(28-29-40(50)33-19-23-36(46)24-20-33)45(53)49(43)37(25-30-42(52)55-44(47)35-15-9-6-10-16-35)17-11-3-2-4-12-18-41(51)48-31-32-13-7-5-8-14-32/h5-10,13-16,19-24,26-27,37,39-40,43-44,50H,2-4,11-12,17-18,25,28-31,47H2,1H3,(H,48,51)/t37?,39-,40+,43-,44?/m1/s1. The SMILES string of the molecule is COc1ccc([C@@H]2[C@@H](CC[C@H](O)c3ccc(F)cc3)C(=O)N2C(CCCCCCCC(=O)NCc2ccccc2)CCC(=O)OC(N)c2ccccc2)cc1. The summed E-state index contributed by atoms with van der Waals surface area (Å²) >= 11 is 0. The van der Waals surface area contributed by atoms with Crippen molar-refractivity contribution >= 4 is 17.8 Å². The molecule has 0 aliphatic carbocycles. The average molecular weight is 752 g/mol. The Bertz CT molecular complexity index is 1770. The van der Waals surface area contributed by atoms with Gasteiger partial charge in [0.15, 0.2) is 6.23 Å². The van der Waals surface area contributed by atoms with Crippen molar-refractivity contribution in [3.05, 3.63) is 137 Å². The number of nitrogens with zero attached hydrogens (tertiary/aromatic N) is 1. The maximum atomic E-state index is 14.1. The molecule has 1 aliphatic heterocycles. The molecule has 2 amide bonds. The first kappa shape index (κ1) is 41.1. The Balaban J connectivity index is 1.21. The number of benzene rings is 4. The van der Waals surface area contributed by atoms with Crippen LogP contribution in [-0.4, -0.2) is 40.9 Å². The van der Waals surface area contributed by atoms with E-state index in [0.717, 1.165) is 43.2 Å². The van der Waals surface area contributed by atoms with Crippen LogP contribution in [0.3, 0.4) is 0 Å². The quantitative estimate of drug-likeness (QED) is 0.0319. The second kappa shape index (κ2) is 21.1. The lowest BCUT2D eigenvalue weighted by molar-refractivity contribution is -0.165. The molecule has 4 aromatic rings. The Morgan fingerprint density at radius 3 is 2.15 bits per heavy atom. The zero-order valence-electron chi connectivity index (χ0n) is 31.7. The summed E-state index contributed by atoms with van der Waals surface area (Å²) in [5.41, 5.74) is 9.51. The van der Waals surface area contributed by atoms with Gasteiger partial charge in [0.25, 0.3) is 0 Å². The number of ether oxygens (including phenoxy) is 2. The van der Waals surface area contributed by atoms with Gasteiger partial charge in [0, 0.05) is 31.0 Å². The van der Waals surface area contributed by atoms with Gasteiger partial charge in [-0.1, -0.05) is 111 Å². The van der Waals surface area contributed by atoms with Crippen LogP contribution < -0.4 is 15.8 Å². The van der Waals surface area contributed by atoms with Crippen LogP contribution in [0.1, 0.15) is 111 Å². The number of nitrogens with two attached hydrogens (primary N) is 1. The summed E-state index contributed by atoms with van der Waals surface area (Å²) in [4.78, 5) is 41.5. The maximum Gasteiger partial charge on any atom is 0.307 e. The molecule has 0 radical (unpaired) electrons. The van der Waals surface area contributed by atoms with E-state index in [0.29, 0.717) is 55.5 Å². The highest BCUT2D eigenvalue weighted by Crippen LogP contribution is 2.46. The van der Waals surface area contributed by atoms with Crippen LogP contribution in [0.5, 0.6) is 5.75 Å². The second-order valence-corrected chi connectivity index (χ2v) is 14.3. The van der Waals surface area contributed by atoms with Gasteiger partial charge in [-0.05, 0) is 73.1 Å². The van der Waals surface area contributed by atoms with Crippen molar-refractivity contribution in [3.8, 4) is 5.75 Å². The zero-order chi connectivity index (χ0) is 39.0. The Kier molecular flexibility index (Phi) is 15.8. The fourth-order valence-corrected chi connectivity index (χ4v) is 7.35. The Morgan fingerprint density at radius 1 is 0.800 bits per heavy atom. The lowest BCUT2D eigenvalue weighted by Gasteiger charge is -2.52. The summed E-state index contributed by atoms with van der Waals surface area (Å²) < 4.78 is 24.5. The number of β-lactam (4-membered cyclic amide) rings is 1. The molecule has 292 valence electrons. The monoisotopic (exact) mass is 751 g/mol. The van der Waals surface area contributed by atoms with Crippen LogP contribution in [0.4, 0.5) is 4.39 Å². The van der Waals surface area contributed by atoms with E-state index in [1.807, 2.05) is 89.8 Å². The molecule has 9 nitrogen and oxygen atoms in total. The summed E-state index contributed by atoms with van der Waals surface area (Å²) in [6.07, 6.45) is 5.15. The number of carbonyl (C=O) groups is 3. The number of likely N-dealkylation sites (tertiary alicyclic amines) is 1. The average Bonchev–Trinajstić information content (AvgIpc) is 3.21. The molecule has 4 N–H and O–H groups in total. The van der Waals surface area contributed by atoms with Crippen molar-refractivity contribution in [2.24, 2.45) is 11.7 Å². The molecule has 5 atom stereocenters. The van der Waals surface area contributed by atoms with Crippen molar-refractivity contribution in [3.63, 3.8) is 0 Å². The number of unbranched alkanes of at least 4 members (excludes halogenated alkanes) is 4. The molecule has 0 saturated carbocycles. The van der Waals surface area contributed by atoms with E-state index in [1.165, 1.54) is 12.1 Å². The lowest BCUT2D eigenvalue weighted by Crippen LogP contribution is -2.59. The number of esters is 1. The van der Waals surface area contributed by atoms with Crippen molar-refractivity contribution < 1.29 is 33.4 Å². The van der Waals surface area contributed by atoms with Gasteiger partial charge in [0.1, 0.15) is 11.6 Å². The highest BCUT2D eigenvalue weighted by molar-refractivity contribution is 5.87. The molecule has 0 aromatic heterocycles. The Morgan fingerprint density at radius 2 is 1.45 bits per heavy atom. The van der Waals surface area contributed by atoms with Crippen LogP contribution in [-0.2, 0) is 25.7 Å². The number of hydrogen-bond acceptors (Lipinski definition) is 7. The minimum atomic E-state index is -0.887. The minimum absolute atomic E-state index is 0.0204. The van der Waals surface area contributed by atoms with E-state index in [4.69, 9.17) is 15.2 Å². The van der Waals surface area contributed by atoms with E-state index < -0.39 is 18.3 Å². The molecule has 4 aromatic carbocycles. The number of rotatable bonds is 22. The smallest absolute Gasteiger partial charge is 0.307 e. The number of halogens is 1. The highest BCUT2D eigenvalue weighted by atomic mass is 19.1. The molecule has 1 heterocycles. The van der Waals surface area contributed by atoms with Crippen LogP contribution in [0.25, 0.3) is 0 Å². The molecular weight excluding hydrogens is 698 g/mol. The Hall–Kier alpha value is -5.06. The zero-order valence-corrected chi connectivity index (χ0v) is 31.7. The van der Waals surface area contributed by atoms with Crippen LogP contribution in [0.15, 0.2) is 109 Å². The van der Waals surface area contributed by atoms with Gasteiger partial charge in [-0.25, -0.2) is 4.39 Å². The molecule has 1 saturated heterocycles. The predicted octanol–water partition coefficient (Wildman–Crippen LogP) is 8.24. The molecular formula is C45H54FN3O6. The number of carbonyl (C=O) groups excluding carboxylic acids is 3. The third kappa shape index (κ3) is 12.2. The Labute approximate surface area is 324 Å². The van der Waals surface area contributed by atoms with Gasteiger partial charge >= 0.3 is 5.97 Å². The first-order valence-corrected chi connectivity index (χ1v) is 19.4. The molecule has 1 aliphatic rings. The van der Waals surface area contributed by atoms with Crippen molar-refractivity contribution in [2.45, 2.75) is 102 Å². The van der Waals surface area contributed by atoms with Crippen molar-refractivity contribution in [1.82, 2.24) is 10.2 Å². The van der Waals surface area contributed by atoms with E-state index in [2.05, 4.69) is 5.32 Å². The molecule has 0 spiro atoms. The molecule has 0 bridgehead atoms. The molecule has 1 fully saturated rings. The van der Waals surface area contributed by atoms with Crippen LogP contribution in [0.2, 0.25) is 0 Å². The second-order valence-electron chi connectivity index (χ2n) is 14.3. The van der Waals surface area contributed by atoms with E-state index in [9.17, 15) is 23.9 Å². The highest BCUT2D eigenvalue weighted by Gasteiger charge is 2.50. The number of methoxy groups -OCH3 is 1. The van der Waals surface area contributed by atoms with Gasteiger partial charge < -0.3 is 24.8 Å². The third-order valence-corrected chi connectivity index (χ3v) is 10.5. The first-order valence-electron chi connectivity index (χ1n) is 19.4. The molecule has 10 heteroatoms. The number of hydrogen-bond donors (Lipinski definition) is 3. The summed E-state index contributed by atoms with van der Waals surface area (Å²) in [7, 11) is 1.60. The lowest BCUT2D eigenvalue weighted by atomic mass is 9.76. The first-order chi connectivity index (χ1) is 26.7. The van der Waals surface area contributed by atoms with Gasteiger partial charge in [-0.15, -0.1) is 0 Å². The summed E-state index contributed by atoms with van der Waals surface area (Å²) in [5.74, 6) is -0.458. The molecule has 55 heavy (non-hydrogen) atoms. The maximum absolute atomic E-state index is 14.1. The molecule has 2 unspecified atom stereocenters. The normalized spacial score (nSPS) is 16.8. The number of aliphatic hydroxyl groups is 1. The van der Waals surface area contributed by atoms with Gasteiger partial charge in [0.05, 0.1) is 25.2 Å². The predicted molar refractivity (Wildman–Crippen MR) is 210 cm³/mol. The van der Waals surface area contributed by atoms with Crippen LogP contribution >= 0.6 is 0 Å². The summed E-state index contributed by atoms with van der Waals surface area (Å²) in [6, 6.07) is 32.0. The van der Waals surface area contributed by atoms with Crippen molar-refractivity contribution in [1.29, 1.82) is 0 Å². The fraction of sp³-hybridized carbons (Fsp3) is 0.400. The third-order valence-electron chi connectivity index (χ3n) is 10.5. The van der Waals surface area contributed by atoms with Gasteiger partial charge in [-0.2, -0.15) is 0 Å². The fourth-order valence-electron chi connectivity index (χ4n) is 7.35. The molecule has 5 rings (SSSR count). The van der Waals surface area contributed by atoms with E-state index >= 15 is 0 Å².